The van der Waals surface area contributed by atoms with E-state index in [1.807, 2.05) is 0 Å². The van der Waals surface area contributed by atoms with Crippen molar-refractivity contribution < 1.29 is 0 Å². The Hall–Kier alpha value is -7.94. The van der Waals surface area contributed by atoms with Gasteiger partial charge in [-0.2, -0.15) is 0 Å². The first-order chi connectivity index (χ1) is 29.8. The molecule has 1 aromatic heterocycles. The van der Waals surface area contributed by atoms with E-state index in [2.05, 4.69) is 252 Å². The second-order valence-electron chi connectivity index (χ2n) is 15.3. The number of aromatic nitrogens is 1. The molecule has 282 valence electrons. The zero-order valence-electron chi connectivity index (χ0n) is 33.0. The van der Waals surface area contributed by atoms with Gasteiger partial charge in [0.25, 0.3) is 0 Å². The number of fused-ring (bicyclic) bond motifs is 4. The molecule has 60 heavy (non-hydrogen) atoms. The van der Waals surface area contributed by atoms with Gasteiger partial charge in [-0.15, -0.1) is 0 Å². The summed E-state index contributed by atoms with van der Waals surface area (Å²) in [5.74, 6) is 0. The van der Waals surface area contributed by atoms with E-state index in [-0.39, 0.29) is 0 Å². The maximum Gasteiger partial charge on any atom is 0.0541 e. The van der Waals surface area contributed by atoms with Gasteiger partial charge in [-0.25, -0.2) is 0 Å². The molecule has 0 N–H and O–H groups in total. The van der Waals surface area contributed by atoms with Gasteiger partial charge in [-0.1, -0.05) is 188 Å². The van der Waals surface area contributed by atoms with Crippen LogP contribution in [0.2, 0.25) is 0 Å². The van der Waals surface area contributed by atoms with Crippen LogP contribution in [-0.4, -0.2) is 4.57 Å². The molecule has 2 nitrogen and oxygen atoms in total. The van der Waals surface area contributed by atoms with Crippen LogP contribution < -0.4 is 4.90 Å². The van der Waals surface area contributed by atoms with E-state index >= 15 is 0 Å². The lowest BCUT2D eigenvalue weighted by atomic mass is 9.94. The average Bonchev–Trinajstić information content (AvgIpc) is 3.66. The fraction of sp³-hybridized carbons (Fsp3) is 0. The Morgan fingerprint density at radius 1 is 0.267 bits per heavy atom. The van der Waals surface area contributed by atoms with Gasteiger partial charge in [0.2, 0.25) is 0 Å². The Balaban J connectivity index is 0.957. The summed E-state index contributed by atoms with van der Waals surface area (Å²) in [6.45, 7) is 0. The molecule has 0 aliphatic rings. The van der Waals surface area contributed by atoms with Crippen LogP contribution in [0.25, 0.3) is 82.8 Å². The van der Waals surface area contributed by atoms with Crippen LogP contribution in [0.15, 0.2) is 243 Å². The lowest BCUT2D eigenvalue weighted by molar-refractivity contribution is 1.18. The summed E-state index contributed by atoms with van der Waals surface area (Å²) in [4.78, 5) is 2.37. The Bertz CT molecular complexity index is 3250. The number of anilines is 3. The standard InChI is InChI=1S/C58H40N2/c1-2-16-44(17-3-1)51-21-6-7-22-52(51)47-19-14-20-49(40-47)59(50-38-35-41-15-4-5-18-46(41)39-50)48-36-33-43(34-37-48)42-29-31-45(32-30-42)53-23-8-11-26-56(53)60-57-27-12-9-24-54(57)55-25-10-13-28-58(55)60/h1-40H. The van der Waals surface area contributed by atoms with E-state index in [9.17, 15) is 0 Å². The summed E-state index contributed by atoms with van der Waals surface area (Å²) in [5.41, 5.74) is 16.5. The van der Waals surface area contributed by atoms with E-state index in [0.29, 0.717) is 0 Å². The third-order valence-corrected chi connectivity index (χ3v) is 11.8. The van der Waals surface area contributed by atoms with E-state index in [1.165, 1.54) is 82.8 Å². The highest BCUT2D eigenvalue weighted by Gasteiger charge is 2.17. The minimum atomic E-state index is 1.10. The van der Waals surface area contributed by atoms with E-state index in [0.717, 1.165) is 17.1 Å². The Morgan fingerprint density at radius 3 is 1.47 bits per heavy atom. The van der Waals surface area contributed by atoms with Gasteiger partial charge in [-0.05, 0) is 104 Å². The van der Waals surface area contributed by atoms with Crippen LogP contribution in [-0.2, 0) is 0 Å². The van der Waals surface area contributed by atoms with Crippen molar-refractivity contribution >= 4 is 49.6 Å². The molecule has 0 fully saturated rings. The second-order valence-corrected chi connectivity index (χ2v) is 15.3. The summed E-state index contributed by atoms with van der Waals surface area (Å²) >= 11 is 0. The van der Waals surface area contributed by atoms with E-state index in [4.69, 9.17) is 0 Å². The molecule has 0 unspecified atom stereocenters. The zero-order chi connectivity index (χ0) is 39.8. The molecule has 0 saturated heterocycles. The molecule has 2 heteroatoms. The molecular formula is C58H40N2. The first kappa shape index (κ1) is 35.2. The minimum absolute atomic E-state index is 1.10. The van der Waals surface area contributed by atoms with Crippen molar-refractivity contribution in [1.82, 2.24) is 4.57 Å². The summed E-state index contributed by atoms with van der Waals surface area (Å²) in [7, 11) is 0. The molecular weight excluding hydrogens is 725 g/mol. The fourth-order valence-corrected chi connectivity index (χ4v) is 8.92. The molecule has 1 heterocycles. The molecule has 0 spiro atoms. The third kappa shape index (κ3) is 6.32. The van der Waals surface area contributed by atoms with Gasteiger partial charge in [0.1, 0.15) is 0 Å². The highest BCUT2D eigenvalue weighted by atomic mass is 15.1. The molecule has 0 bridgehead atoms. The third-order valence-electron chi connectivity index (χ3n) is 11.8. The number of hydrogen-bond acceptors (Lipinski definition) is 1. The summed E-state index contributed by atoms with van der Waals surface area (Å²) in [6, 6.07) is 87.8. The monoisotopic (exact) mass is 764 g/mol. The summed E-state index contributed by atoms with van der Waals surface area (Å²) in [6.07, 6.45) is 0. The van der Waals surface area contributed by atoms with Crippen LogP contribution in [0.5, 0.6) is 0 Å². The fourth-order valence-electron chi connectivity index (χ4n) is 8.92. The van der Waals surface area contributed by atoms with Crippen molar-refractivity contribution in [3.8, 4) is 50.2 Å². The molecule has 11 rings (SSSR count). The van der Waals surface area contributed by atoms with Crippen molar-refractivity contribution in [2.75, 3.05) is 4.90 Å². The van der Waals surface area contributed by atoms with Crippen molar-refractivity contribution in [2.24, 2.45) is 0 Å². The maximum atomic E-state index is 2.41. The number of nitrogens with zero attached hydrogens (tertiary/aromatic N) is 2. The molecule has 0 saturated carbocycles. The predicted molar refractivity (Wildman–Crippen MR) is 255 cm³/mol. The van der Waals surface area contributed by atoms with Gasteiger partial charge < -0.3 is 9.47 Å². The van der Waals surface area contributed by atoms with Gasteiger partial charge in [0, 0.05) is 33.4 Å². The van der Waals surface area contributed by atoms with Gasteiger partial charge in [-0.3, -0.25) is 0 Å². The average molecular weight is 765 g/mol. The molecule has 0 aliphatic heterocycles. The molecule has 10 aromatic carbocycles. The van der Waals surface area contributed by atoms with Crippen molar-refractivity contribution in [3.63, 3.8) is 0 Å². The van der Waals surface area contributed by atoms with Crippen LogP contribution in [0, 0.1) is 0 Å². The van der Waals surface area contributed by atoms with Crippen molar-refractivity contribution in [1.29, 1.82) is 0 Å². The molecule has 0 atom stereocenters. The summed E-state index contributed by atoms with van der Waals surface area (Å²) in [5, 5.41) is 4.97. The lowest BCUT2D eigenvalue weighted by Crippen LogP contribution is -2.10. The smallest absolute Gasteiger partial charge is 0.0541 e. The normalized spacial score (nSPS) is 11.3. The van der Waals surface area contributed by atoms with E-state index < -0.39 is 0 Å². The quantitative estimate of drug-likeness (QED) is 0.150. The van der Waals surface area contributed by atoms with Crippen LogP contribution in [0.4, 0.5) is 17.1 Å². The first-order valence-corrected chi connectivity index (χ1v) is 20.6. The highest BCUT2D eigenvalue weighted by Crippen LogP contribution is 2.41. The molecule has 11 aromatic rings. The predicted octanol–water partition coefficient (Wildman–Crippen LogP) is 16.1. The van der Waals surface area contributed by atoms with Crippen LogP contribution >= 0.6 is 0 Å². The molecule has 0 aliphatic carbocycles. The number of hydrogen-bond donors (Lipinski definition) is 0. The van der Waals surface area contributed by atoms with Gasteiger partial charge in [0.15, 0.2) is 0 Å². The Kier molecular flexibility index (Phi) is 8.87. The van der Waals surface area contributed by atoms with Gasteiger partial charge >= 0.3 is 0 Å². The maximum absolute atomic E-state index is 2.41. The molecule has 0 radical (unpaired) electrons. The lowest BCUT2D eigenvalue weighted by Gasteiger charge is -2.27. The topological polar surface area (TPSA) is 8.17 Å². The van der Waals surface area contributed by atoms with Crippen LogP contribution in [0.3, 0.4) is 0 Å². The largest absolute Gasteiger partial charge is 0.310 e. The van der Waals surface area contributed by atoms with Crippen molar-refractivity contribution in [2.45, 2.75) is 0 Å². The summed E-state index contributed by atoms with van der Waals surface area (Å²) < 4.78 is 2.41. The minimum Gasteiger partial charge on any atom is -0.310 e. The number of para-hydroxylation sites is 3. The van der Waals surface area contributed by atoms with Gasteiger partial charge in [0.05, 0.1) is 16.7 Å². The SMILES string of the molecule is c1ccc(-c2ccccc2-c2cccc(N(c3ccc(-c4ccc(-c5ccccc5-n5c6ccccc6c6ccccc65)cc4)cc3)c3ccc4ccccc4c3)c2)cc1. The number of benzene rings is 10. The van der Waals surface area contributed by atoms with Crippen LogP contribution in [0.1, 0.15) is 0 Å². The molecule has 0 amide bonds. The number of rotatable bonds is 8. The highest BCUT2D eigenvalue weighted by molar-refractivity contribution is 6.09. The second kappa shape index (κ2) is 15.1. The zero-order valence-corrected chi connectivity index (χ0v) is 33.0. The first-order valence-electron chi connectivity index (χ1n) is 20.6. The Morgan fingerprint density at radius 2 is 0.750 bits per heavy atom. The van der Waals surface area contributed by atoms with Crippen molar-refractivity contribution in [3.05, 3.63) is 243 Å². The Labute approximate surface area is 350 Å². The van der Waals surface area contributed by atoms with E-state index in [1.54, 1.807) is 0 Å².